The first-order valence-corrected chi connectivity index (χ1v) is 6.32. The van der Waals surface area contributed by atoms with E-state index in [9.17, 15) is 0 Å². The van der Waals surface area contributed by atoms with Gasteiger partial charge in [0.15, 0.2) is 5.11 Å². The van der Waals surface area contributed by atoms with Crippen LogP contribution in [0.1, 0.15) is 11.5 Å². The first-order chi connectivity index (χ1) is 9.17. The van der Waals surface area contributed by atoms with Crippen LogP contribution < -0.4 is 15.4 Å². The molecule has 0 fully saturated rings. The summed E-state index contributed by atoms with van der Waals surface area (Å²) in [5, 5.41) is 6.72. The number of hydrogen-bond donors (Lipinski definition) is 2. The number of anilines is 1. The summed E-state index contributed by atoms with van der Waals surface area (Å²) in [5.74, 6) is 2.53. The van der Waals surface area contributed by atoms with Crippen LogP contribution in [0.15, 0.2) is 40.8 Å². The molecule has 0 aliphatic heterocycles. The van der Waals surface area contributed by atoms with Crippen molar-refractivity contribution in [2.45, 2.75) is 13.5 Å². The Bertz CT molecular complexity index is 566. The molecule has 0 atom stereocenters. The molecule has 1 aromatic carbocycles. The molecule has 1 aromatic heterocycles. The number of hydrogen-bond acceptors (Lipinski definition) is 3. The molecule has 0 amide bonds. The van der Waals surface area contributed by atoms with E-state index in [0.29, 0.717) is 11.7 Å². The Morgan fingerprint density at radius 3 is 2.84 bits per heavy atom. The number of rotatable bonds is 4. The van der Waals surface area contributed by atoms with Gasteiger partial charge in [0.25, 0.3) is 0 Å². The fraction of sp³-hybridized carbons (Fsp3) is 0.214. The molecule has 2 aromatic rings. The van der Waals surface area contributed by atoms with Crippen LogP contribution in [0, 0.1) is 6.92 Å². The van der Waals surface area contributed by atoms with Crippen molar-refractivity contribution in [3.05, 3.63) is 47.9 Å². The summed E-state index contributed by atoms with van der Waals surface area (Å²) in [6, 6.07) is 11.4. The molecule has 4 nitrogen and oxygen atoms in total. The molecule has 0 saturated carbocycles. The third kappa shape index (κ3) is 3.99. The molecule has 2 N–H and O–H groups in total. The number of aryl methyl sites for hydroxylation is 1. The Balaban J connectivity index is 1.86. The molecule has 100 valence electrons. The topological polar surface area (TPSA) is 46.4 Å². The monoisotopic (exact) mass is 276 g/mol. The lowest BCUT2D eigenvalue weighted by Crippen LogP contribution is -2.27. The third-order valence-electron chi connectivity index (χ3n) is 2.55. The molecule has 1 heterocycles. The molecular weight excluding hydrogens is 260 g/mol. The van der Waals surface area contributed by atoms with Crippen molar-refractivity contribution in [3.8, 4) is 5.75 Å². The Labute approximate surface area is 117 Å². The fourth-order valence-corrected chi connectivity index (χ4v) is 1.81. The molecule has 0 aliphatic carbocycles. The van der Waals surface area contributed by atoms with E-state index in [1.807, 2.05) is 43.3 Å². The quantitative estimate of drug-likeness (QED) is 0.840. The Morgan fingerprint density at radius 2 is 2.16 bits per heavy atom. The first-order valence-electron chi connectivity index (χ1n) is 5.91. The summed E-state index contributed by atoms with van der Waals surface area (Å²) in [6.07, 6.45) is 0. The molecule has 0 radical (unpaired) electrons. The molecule has 19 heavy (non-hydrogen) atoms. The number of thiocarbonyl (C=S) groups is 1. The maximum Gasteiger partial charge on any atom is 0.171 e. The van der Waals surface area contributed by atoms with Gasteiger partial charge in [-0.3, -0.25) is 0 Å². The number of furan rings is 1. The fourth-order valence-electron chi connectivity index (χ4n) is 1.62. The second-order valence-electron chi connectivity index (χ2n) is 4.05. The van der Waals surface area contributed by atoms with Crippen molar-refractivity contribution in [1.29, 1.82) is 0 Å². The SMILES string of the molecule is COc1cccc(NC(=S)NCc2ccc(C)o2)c1. The van der Waals surface area contributed by atoms with Crippen LogP contribution in [0.25, 0.3) is 0 Å². The summed E-state index contributed by atoms with van der Waals surface area (Å²) < 4.78 is 10.6. The van der Waals surface area contributed by atoms with Crippen LogP contribution in [0.3, 0.4) is 0 Å². The lowest BCUT2D eigenvalue weighted by molar-refractivity contribution is 0.415. The van der Waals surface area contributed by atoms with Gasteiger partial charge < -0.3 is 19.8 Å². The van der Waals surface area contributed by atoms with Crippen molar-refractivity contribution < 1.29 is 9.15 Å². The lowest BCUT2D eigenvalue weighted by atomic mass is 10.3. The van der Waals surface area contributed by atoms with E-state index >= 15 is 0 Å². The lowest BCUT2D eigenvalue weighted by Gasteiger charge is -2.10. The van der Waals surface area contributed by atoms with Gasteiger partial charge in [-0.25, -0.2) is 0 Å². The highest BCUT2D eigenvalue weighted by Gasteiger charge is 2.01. The molecule has 0 aliphatic rings. The van der Waals surface area contributed by atoms with Crippen molar-refractivity contribution in [2.24, 2.45) is 0 Å². The van der Waals surface area contributed by atoms with Crippen molar-refractivity contribution in [3.63, 3.8) is 0 Å². The van der Waals surface area contributed by atoms with Crippen molar-refractivity contribution in [2.75, 3.05) is 12.4 Å². The van der Waals surface area contributed by atoms with Crippen molar-refractivity contribution in [1.82, 2.24) is 5.32 Å². The average Bonchev–Trinajstić information content (AvgIpc) is 2.82. The van der Waals surface area contributed by atoms with Crippen LogP contribution in [0.5, 0.6) is 5.75 Å². The second kappa shape index (κ2) is 6.24. The Kier molecular flexibility index (Phi) is 4.41. The van der Waals surface area contributed by atoms with Crippen LogP contribution in [0.4, 0.5) is 5.69 Å². The van der Waals surface area contributed by atoms with E-state index in [4.69, 9.17) is 21.4 Å². The summed E-state index contributed by atoms with van der Waals surface area (Å²) in [4.78, 5) is 0. The Hall–Kier alpha value is -2.01. The molecule has 0 unspecified atom stereocenters. The van der Waals surface area contributed by atoms with Crippen LogP contribution >= 0.6 is 12.2 Å². The minimum atomic E-state index is 0.544. The van der Waals surface area contributed by atoms with Gasteiger partial charge in [-0.1, -0.05) is 6.07 Å². The third-order valence-corrected chi connectivity index (χ3v) is 2.79. The van der Waals surface area contributed by atoms with Gasteiger partial charge >= 0.3 is 0 Å². The predicted molar refractivity (Wildman–Crippen MR) is 79.5 cm³/mol. The Morgan fingerprint density at radius 1 is 1.32 bits per heavy atom. The number of ether oxygens (including phenoxy) is 1. The smallest absolute Gasteiger partial charge is 0.171 e. The van der Waals surface area contributed by atoms with Gasteiger partial charge in [-0.05, 0) is 43.4 Å². The molecule has 5 heteroatoms. The van der Waals surface area contributed by atoms with E-state index in [-0.39, 0.29) is 0 Å². The van der Waals surface area contributed by atoms with Crippen LogP contribution in [-0.4, -0.2) is 12.2 Å². The standard InChI is InChI=1S/C14H16N2O2S/c1-10-6-7-13(18-10)9-15-14(19)16-11-4-3-5-12(8-11)17-2/h3-8H,9H2,1-2H3,(H2,15,16,19). The number of nitrogens with one attached hydrogen (secondary N) is 2. The van der Waals surface area contributed by atoms with Gasteiger partial charge in [0.2, 0.25) is 0 Å². The second-order valence-corrected chi connectivity index (χ2v) is 4.46. The van der Waals surface area contributed by atoms with Crippen LogP contribution in [-0.2, 0) is 6.54 Å². The highest BCUT2D eigenvalue weighted by Crippen LogP contribution is 2.16. The maximum atomic E-state index is 5.45. The zero-order valence-corrected chi connectivity index (χ0v) is 11.7. The number of benzene rings is 1. The van der Waals surface area contributed by atoms with Gasteiger partial charge in [0.05, 0.1) is 13.7 Å². The molecular formula is C14H16N2O2S. The molecule has 0 spiro atoms. The minimum absolute atomic E-state index is 0.544. The van der Waals surface area contributed by atoms with Crippen LogP contribution in [0.2, 0.25) is 0 Å². The maximum absolute atomic E-state index is 5.45. The average molecular weight is 276 g/mol. The van der Waals surface area contributed by atoms with E-state index in [1.165, 1.54) is 0 Å². The highest BCUT2D eigenvalue weighted by atomic mass is 32.1. The molecule has 0 saturated heterocycles. The minimum Gasteiger partial charge on any atom is -0.497 e. The first kappa shape index (κ1) is 13.4. The van der Waals surface area contributed by atoms with E-state index in [2.05, 4.69) is 10.6 Å². The number of methoxy groups -OCH3 is 1. The molecule has 2 rings (SSSR count). The van der Waals surface area contributed by atoms with E-state index in [0.717, 1.165) is 23.0 Å². The molecule has 0 bridgehead atoms. The van der Waals surface area contributed by atoms with Gasteiger partial charge in [0, 0.05) is 11.8 Å². The van der Waals surface area contributed by atoms with Crippen molar-refractivity contribution >= 4 is 23.0 Å². The summed E-state index contributed by atoms with van der Waals surface area (Å²) in [6.45, 7) is 2.47. The highest BCUT2D eigenvalue weighted by molar-refractivity contribution is 7.80. The zero-order valence-electron chi connectivity index (χ0n) is 10.9. The normalized spacial score (nSPS) is 10.0. The summed E-state index contributed by atoms with van der Waals surface area (Å²) in [7, 11) is 1.63. The van der Waals surface area contributed by atoms with Gasteiger partial charge in [0.1, 0.15) is 17.3 Å². The van der Waals surface area contributed by atoms with Gasteiger partial charge in [-0.15, -0.1) is 0 Å². The predicted octanol–water partition coefficient (Wildman–Crippen LogP) is 3.08. The van der Waals surface area contributed by atoms with E-state index in [1.54, 1.807) is 7.11 Å². The van der Waals surface area contributed by atoms with E-state index < -0.39 is 0 Å². The summed E-state index contributed by atoms with van der Waals surface area (Å²) >= 11 is 5.22. The summed E-state index contributed by atoms with van der Waals surface area (Å²) in [5.41, 5.74) is 0.882. The van der Waals surface area contributed by atoms with Gasteiger partial charge in [-0.2, -0.15) is 0 Å². The largest absolute Gasteiger partial charge is 0.497 e. The zero-order chi connectivity index (χ0) is 13.7.